The summed E-state index contributed by atoms with van der Waals surface area (Å²) >= 11 is 0. The highest BCUT2D eigenvalue weighted by atomic mass is 16.5. The first-order valence-electron chi connectivity index (χ1n) is 10.2. The number of aromatic nitrogens is 2. The summed E-state index contributed by atoms with van der Waals surface area (Å²) in [5.41, 5.74) is 10.0. The van der Waals surface area contributed by atoms with E-state index in [0.717, 1.165) is 41.3 Å². The summed E-state index contributed by atoms with van der Waals surface area (Å²) < 4.78 is 6.11. The van der Waals surface area contributed by atoms with E-state index in [4.69, 9.17) is 10.5 Å². The smallest absolute Gasteiger partial charge is 0.169 e. The van der Waals surface area contributed by atoms with Crippen molar-refractivity contribution in [2.75, 3.05) is 23.7 Å². The molecular weight excluding hydrogens is 362 g/mol. The van der Waals surface area contributed by atoms with Crippen LogP contribution < -0.4 is 20.7 Å². The van der Waals surface area contributed by atoms with Crippen molar-refractivity contribution < 1.29 is 4.74 Å². The molecule has 2 aliphatic heterocycles. The third-order valence-electron chi connectivity index (χ3n) is 5.76. The van der Waals surface area contributed by atoms with Gasteiger partial charge >= 0.3 is 0 Å². The van der Waals surface area contributed by atoms with Gasteiger partial charge in [-0.2, -0.15) is 0 Å². The lowest BCUT2D eigenvalue weighted by Crippen LogP contribution is -2.51. The van der Waals surface area contributed by atoms with Crippen molar-refractivity contribution >= 4 is 11.5 Å². The molecule has 1 aromatic heterocycles. The Morgan fingerprint density at radius 1 is 0.966 bits per heavy atom. The van der Waals surface area contributed by atoms with Crippen LogP contribution in [-0.4, -0.2) is 35.4 Å². The van der Waals surface area contributed by atoms with E-state index in [2.05, 4.69) is 38.6 Å². The van der Waals surface area contributed by atoms with Gasteiger partial charge in [0, 0.05) is 30.7 Å². The molecule has 2 unspecified atom stereocenters. The van der Waals surface area contributed by atoms with Crippen LogP contribution >= 0.6 is 0 Å². The number of nitrogens with one attached hydrogen (secondary N) is 1. The van der Waals surface area contributed by atoms with Gasteiger partial charge in [-0.15, -0.1) is 10.2 Å². The van der Waals surface area contributed by atoms with Gasteiger partial charge < -0.3 is 20.7 Å². The lowest BCUT2D eigenvalue weighted by molar-refractivity contribution is 0.307. The van der Waals surface area contributed by atoms with Crippen LogP contribution in [0.3, 0.4) is 0 Å². The van der Waals surface area contributed by atoms with E-state index in [0.29, 0.717) is 24.5 Å². The van der Waals surface area contributed by atoms with Crippen molar-refractivity contribution in [3.05, 3.63) is 66.2 Å². The number of ether oxygens (including phenoxy) is 1. The van der Waals surface area contributed by atoms with Crippen LogP contribution in [0.2, 0.25) is 0 Å². The van der Waals surface area contributed by atoms with Gasteiger partial charge in [-0.1, -0.05) is 42.5 Å². The van der Waals surface area contributed by atoms with E-state index in [1.54, 1.807) is 0 Å². The number of rotatable bonds is 5. The Labute approximate surface area is 170 Å². The summed E-state index contributed by atoms with van der Waals surface area (Å²) in [6.07, 6.45) is 2.45. The molecule has 6 nitrogen and oxygen atoms in total. The number of para-hydroxylation sites is 1. The van der Waals surface area contributed by atoms with Crippen molar-refractivity contribution in [3.8, 4) is 17.0 Å². The Bertz CT molecular complexity index is 982. The summed E-state index contributed by atoms with van der Waals surface area (Å²) in [4.78, 5) is 2.35. The molecule has 5 rings (SSSR count). The predicted molar refractivity (Wildman–Crippen MR) is 115 cm³/mol. The maximum Gasteiger partial charge on any atom is 0.169 e. The largest absolute Gasteiger partial charge is 0.488 e. The molecule has 29 heavy (non-hydrogen) atoms. The highest BCUT2D eigenvalue weighted by Crippen LogP contribution is 2.34. The molecule has 0 amide bonds. The van der Waals surface area contributed by atoms with Crippen LogP contribution in [0.4, 0.5) is 11.5 Å². The normalized spacial score (nSPS) is 20.6. The maximum atomic E-state index is 6.22. The molecule has 0 aliphatic carbocycles. The summed E-state index contributed by atoms with van der Waals surface area (Å²) in [6, 6.07) is 21.2. The van der Waals surface area contributed by atoms with Crippen LogP contribution in [0.25, 0.3) is 11.3 Å². The Morgan fingerprint density at radius 2 is 1.69 bits per heavy atom. The van der Waals surface area contributed by atoms with Gasteiger partial charge in [-0.05, 0) is 36.6 Å². The zero-order chi connectivity index (χ0) is 19.6. The predicted octanol–water partition coefficient (Wildman–Crippen LogP) is 3.25. The minimum atomic E-state index is 0.484. The van der Waals surface area contributed by atoms with Gasteiger partial charge in [0.05, 0.1) is 11.4 Å². The standard InChI is InChI=1S/C23H25N5O/c24-23-21(28-13-17-10-11-18(14-28)25-17)12-20(26-27-23)19-8-4-5-9-22(19)29-15-16-6-2-1-3-7-16/h1-9,12,17-18,25H,10-11,13-15H2,(H2,24,27). The second-order valence-corrected chi connectivity index (χ2v) is 7.81. The first-order valence-corrected chi connectivity index (χ1v) is 10.2. The fourth-order valence-corrected chi connectivity index (χ4v) is 4.31. The fourth-order valence-electron chi connectivity index (χ4n) is 4.31. The summed E-state index contributed by atoms with van der Waals surface area (Å²) in [5.74, 6) is 1.28. The number of anilines is 2. The molecule has 2 atom stereocenters. The van der Waals surface area contributed by atoms with Crippen molar-refractivity contribution in [2.24, 2.45) is 0 Å². The third-order valence-corrected chi connectivity index (χ3v) is 5.76. The Hall–Kier alpha value is -3.12. The topological polar surface area (TPSA) is 76.3 Å². The number of hydrogen-bond acceptors (Lipinski definition) is 6. The molecule has 0 radical (unpaired) electrons. The lowest BCUT2D eigenvalue weighted by Gasteiger charge is -2.34. The van der Waals surface area contributed by atoms with Gasteiger partial charge in [0.25, 0.3) is 0 Å². The monoisotopic (exact) mass is 387 g/mol. The minimum Gasteiger partial charge on any atom is -0.488 e. The minimum absolute atomic E-state index is 0.484. The maximum absolute atomic E-state index is 6.22. The molecule has 148 valence electrons. The molecule has 2 bridgehead atoms. The third kappa shape index (κ3) is 3.76. The molecule has 2 saturated heterocycles. The van der Waals surface area contributed by atoms with Crippen LogP contribution in [0, 0.1) is 0 Å². The molecule has 2 fully saturated rings. The van der Waals surface area contributed by atoms with Crippen molar-refractivity contribution in [3.63, 3.8) is 0 Å². The molecule has 3 heterocycles. The highest BCUT2D eigenvalue weighted by Gasteiger charge is 2.33. The Kier molecular flexibility index (Phi) is 4.77. The first-order chi connectivity index (χ1) is 14.3. The molecule has 3 N–H and O–H groups in total. The van der Waals surface area contributed by atoms with Crippen LogP contribution in [-0.2, 0) is 6.61 Å². The zero-order valence-corrected chi connectivity index (χ0v) is 16.3. The van der Waals surface area contributed by atoms with E-state index in [1.165, 1.54) is 12.8 Å². The quantitative estimate of drug-likeness (QED) is 0.700. The molecule has 6 heteroatoms. The summed E-state index contributed by atoms with van der Waals surface area (Å²) in [7, 11) is 0. The Morgan fingerprint density at radius 3 is 2.48 bits per heavy atom. The van der Waals surface area contributed by atoms with E-state index in [-0.39, 0.29) is 0 Å². The average molecular weight is 387 g/mol. The molecular formula is C23H25N5O. The summed E-state index contributed by atoms with van der Waals surface area (Å²) in [6.45, 7) is 2.42. The van der Waals surface area contributed by atoms with E-state index in [9.17, 15) is 0 Å². The zero-order valence-electron chi connectivity index (χ0n) is 16.3. The second kappa shape index (κ2) is 7.72. The molecule has 0 spiro atoms. The van der Waals surface area contributed by atoms with Gasteiger partial charge in [0.1, 0.15) is 12.4 Å². The lowest BCUT2D eigenvalue weighted by atomic mass is 10.1. The van der Waals surface area contributed by atoms with Crippen LogP contribution in [0.15, 0.2) is 60.7 Å². The number of hydrogen-bond donors (Lipinski definition) is 2. The van der Waals surface area contributed by atoms with E-state index < -0.39 is 0 Å². The first kappa shape index (κ1) is 17.9. The van der Waals surface area contributed by atoms with E-state index in [1.807, 2.05) is 42.5 Å². The van der Waals surface area contributed by atoms with Crippen LogP contribution in [0.1, 0.15) is 18.4 Å². The number of nitrogen functional groups attached to an aromatic ring is 1. The second-order valence-electron chi connectivity index (χ2n) is 7.81. The van der Waals surface area contributed by atoms with Crippen molar-refractivity contribution in [2.45, 2.75) is 31.5 Å². The Balaban J connectivity index is 1.42. The van der Waals surface area contributed by atoms with Gasteiger partial charge in [0.15, 0.2) is 5.82 Å². The molecule has 2 aliphatic rings. The van der Waals surface area contributed by atoms with Gasteiger partial charge in [0.2, 0.25) is 0 Å². The number of piperazine rings is 1. The summed E-state index contributed by atoms with van der Waals surface area (Å²) in [5, 5.41) is 12.3. The number of nitrogens with two attached hydrogens (primary N) is 1. The molecule has 0 saturated carbocycles. The molecule has 3 aromatic rings. The van der Waals surface area contributed by atoms with Gasteiger partial charge in [-0.3, -0.25) is 0 Å². The molecule has 2 aromatic carbocycles. The fraction of sp³-hybridized carbons (Fsp3) is 0.304. The average Bonchev–Trinajstić information content (AvgIpc) is 3.11. The number of nitrogens with zero attached hydrogens (tertiary/aromatic N) is 3. The van der Waals surface area contributed by atoms with Gasteiger partial charge in [-0.25, -0.2) is 0 Å². The number of benzene rings is 2. The van der Waals surface area contributed by atoms with Crippen molar-refractivity contribution in [1.82, 2.24) is 15.5 Å². The van der Waals surface area contributed by atoms with Crippen LogP contribution in [0.5, 0.6) is 5.75 Å². The highest BCUT2D eigenvalue weighted by molar-refractivity contribution is 5.74. The van der Waals surface area contributed by atoms with E-state index >= 15 is 0 Å². The van der Waals surface area contributed by atoms with Crippen molar-refractivity contribution in [1.29, 1.82) is 0 Å². The SMILES string of the molecule is Nc1nnc(-c2ccccc2OCc2ccccc2)cc1N1CC2CCC(C1)N2. The number of fused-ring (bicyclic) bond motifs is 2.